The molecule has 9 heteroatoms. The molecule has 0 fully saturated rings. The fourth-order valence-corrected chi connectivity index (χ4v) is 4.64. The second kappa shape index (κ2) is 10.6. The van der Waals surface area contributed by atoms with Gasteiger partial charge in [0.05, 0.1) is 12.1 Å². The molecule has 176 valence electrons. The fraction of sp³-hybridized carbons (Fsp3) is 0.280. The number of amides is 2. The van der Waals surface area contributed by atoms with Crippen LogP contribution >= 0.6 is 11.3 Å². The topological polar surface area (TPSA) is 89.4 Å². The lowest BCUT2D eigenvalue weighted by atomic mass is 10.1. The van der Waals surface area contributed by atoms with Gasteiger partial charge in [-0.3, -0.25) is 14.5 Å². The first-order chi connectivity index (χ1) is 16.5. The van der Waals surface area contributed by atoms with Crippen molar-refractivity contribution in [2.75, 3.05) is 25.2 Å². The van der Waals surface area contributed by atoms with Gasteiger partial charge in [-0.1, -0.05) is 35.5 Å². The largest absolute Gasteiger partial charge is 0.383 e. The van der Waals surface area contributed by atoms with E-state index < -0.39 is 6.04 Å². The number of carbonyl (C=O) groups is 2. The Balaban J connectivity index is 1.78. The van der Waals surface area contributed by atoms with E-state index in [1.807, 2.05) is 73.8 Å². The molecule has 0 aliphatic carbocycles. The van der Waals surface area contributed by atoms with E-state index >= 15 is 0 Å². The van der Waals surface area contributed by atoms with Gasteiger partial charge in [-0.25, -0.2) is 4.68 Å². The first-order valence-electron chi connectivity index (χ1n) is 11.0. The highest BCUT2D eigenvalue weighted by atomic mass is 32.1. The molecule has 2 aromatic carbocycles. The number of hydrogen-bond donors (Lipinski definition) is 1. The average molecular weight is 478 g/mol. The quantitative estimate of drug-likeness (QED) is 0.372. The predicted molar refractivity (Wildman–Crippen MR) is 133 cm³/mol. The second-order valence-corrected chi connectivity index (χ2v) is 8.97. The Morgan fingerprint density at radius 3 is 2.74 bits per heavy atom. The van der Waals surface area contributed by atoms with Crippen molar-refractivity contribution in [3.05, 3.63) is 76.0 Å². The molecule has 2 heterocycles. The molecule has 2 amide bonds. The zero-order valence-electron chi connectivity index (χ0n) is 19.4. The van der Waals surface area contributed by atoms with Gasteiger partial charge in [0.15, 0.2) is 0 Å². The van der Waals surface area contributed by atoms with Crippen molar-refractivity contribution in [2.45, 2.75) is 26.4 Å². The molecule has 8 nitrogen and oxygen atoms in total. The van der Waals surface area contributed by atoms with Crippen LogP contribution in [0.15, 0.2) is 60.0 Å². The van der Waals surface area contributed by atoms with Gasteiger partial charge >= 0.3 is 0 Å². The number of carbonyl (C=O) groups excluding carboxylic acids is 2. The maximum atomic E-state index is 13.9. The van der Waals surface area contributed by atoms with Crippen LogP contribution in [0, 0.1) is 13.8 Å². The summed E-state index contributed by atoms with van der Waals surface area (Å²) >= 11 is 1.44. The number of fused-ring (bicyclic) bond motifs is 1. The highest BCUT2D eigenvalue weighted by Gasteiger charge is 2.34. The van der Waals surface area contributed by atoms with Crippen molar-refractivity contribution in [1.29, 1.82) is 0 Å². The number of ether oxygens (including phenoxy) is 1. The van der Waals surface area contributed by atoms with E-state index in [4.69, 9.17) is 4.74 Å². The second-order valence-electron chi connectivity index (χ2n) is 7.99. The van der Waals surface area contributed by atoms with Gasteiger partial charge in [-0.05, 0) is 54.6 Å². The zero-order valence-corrected chi connectivity index (χ0v) is 20.2. The maximum absolute atomic E-state index is 13.9. The molecule has 4 rings (SSSR count). The Bertz CT molecular complexity index is 1280. The third-order valence-electron chi connectivity index (χ3n) is 5.52. The highest BCUT2D eigenvalue weighted by molar-refractivity contribution is 7.10. The molecule has 4 aromatic rings. The molecule has 0 aliphatic heterocycles. The lowest BCUT2D eigenvalue weighted by Crippen LogP contribution is -2.46. The van der Waals surface area contributed by atoms with Crippen LogP contribution < -0.4 is 10.2 Å². The standard InChI is InChI=1S/C25H27N5O3S/c1-17-10-11-18(2)21(15-17)30(23(31)16-29-20-8-5-4-7-19(20)27-28-29)24(22-9-6-14-34-22)25(32)26-12-13-33-3/h4-11,14-15,24H,12-13,16H2,1-3H3,(H,26,32)/t24-/m0/s1. The van der Waals surface area contributed by atoms with Crippen molar-refractivity contribution in [3.63, 3.8) is 0 Å². The third kappa shape index (κ3) is 5.00. The van der Waals surface area contributed by atoms with Crippen molar-refractivity contribution < 1.29 is 14.3 Å². The van der Waals surface area contributed by atoms with Gasteiger partial charge in [0.1, 0.15) is 18.1 Å². The first-order valence-corrected chi connectivity index (χ1v) is 11.8. The Labute approximate surface area is 202 Å². The molecule has 0 unspecified atom stereocenters. The Morgan fingerprint density at radius 2 is 1.97 bits per heavy atom. The predicted octanol–water partition coefficient (Wildman–Crippen LogP) is 3.65. The van der Waals surface area contributed by atoms with Gasteiger partial charge in [-0.2, -0.15) is 0 Å². The van der Waals surface area contributed by atoms with Crippen LogP contribution in [0.2, 0.25) is 0 Å². The number of nitrogens with one attached hydrogen (secondary N) is 1. The Hall–Kier alpha value is -3.56. The van der Waals surface area contributed by atoms with E-state index in [2.05, 4.69) is 15.6 Å². The number of thiophene rings is 1. The highest BCUT2D eigenvalue weighted by Crippen LogP contribution is 2.33. The van der Waals surface area contributed by atoms with Crippen molar-refractivity contribution in [1.82, 2.24) is 20.3 Å². The summed E-state index contributed by atoms with van der Waals surface area (Å²) in [6.07, 6.45) is 0. The lowest BCUT2D eigenvalue weighted by molar-refractivity contribution is -0.127. The number of aromatic nitrogens is 3. The molecule has 0 spiro atoms. The first kappa shape index (κ1) is 23.6. The van der Waals surface area contributed by atoms with E-state index in [1.54, 1.807) is 16.7 Å². The van der Waals surface area contributed by atoms with E-state index in [1.165, 1.54) is 11.3 Å². The van der Waals surface area contributed by atoms with Crippen LogP contribution in [0.5, 0.6) is 0 Å². The van der Waals surface area contributed by atoms with E-state index in [0.29, 0.717) is 24.4 Å². The number of hydrogen-bond acceptors (Lipinski definition) is 6. The van der Waals surface area contributed by atoms with Gasteiger partial charge in [0.25, 0.3) is 0 Å². The summed E-state index contributed by atoms with van der Waals surface area (Å²) in [6, 6.07) is 16.3. The lowest BCUT2D eigenvalue weighted by Gasteiger charge is -2.32. The number of rotatable bonds is 9. The molecule has 0 bridgehead atoms. The fourth-order valence-electron chi connectivity index (χ4n) is 3.83. The van der Waals surface area contributed by atoms with Crippen molar-refractivity contribution in [3.8, 4) is 0 Å². The van der Waals surface area contributed by atoms with Crippen LogP contribution in [-0.4, -0.2) is 47.1 Å². The van der Waals surface area contributed by atoms with Crippen molar-refractivity contribution >= 4 is 39.9 Å². The molecule has 0 radical (unpaired) electrons. The maximum Gasteiger partial charge on any atom is 0.249 e. The summed E-state index contributed by atoms with van der Waals surface area (Å²) in [5.74, 6) is -0.526. The molecule has 0 saturated heterocycles. The van der Waals surface area contributed by atoms with E-state index in [-0.39, 0.29) is 18.4 Å². The number of nitrogens with zero attached hydrogens (tertiary/aromatic N) is 4. The smallest absolute Gasteiger partial charge is 0.249 e. The summed E-state index contributed by atoms with van der Waals surface area (Å²) in [4.78, 5) is 29.7. The number of para-hydroxylation sites is 1. The summed E-state index contributed by atoms with van der Waals surface area (Å²) in [5.41, 5.74) is 4.05. The monoisotopic (exact) mass is 477 g/mol. The van der Waals surface area contributed by atoms with Gasteiger partial charge in [0, 0.05) is 24.2 Å². The summed E-state index contributed by atoms with van der Waals surface area (Å²) in [5, 5.41) is 13.2. The van der Waals surface area contributed by atoms with Crippen LogP contribution in [0.3, 0.4) is 0 Å². The number of methoxy groups -OCH3 is 1. The molecular formula is C25H27N5O3S. The third-order valence-corrected chi connectivity index (χ3v) is 6.45. The molecule has 2 aromatic heterocycles. The summed E-state index contributed by atoms with van der Waals surface area (Å²) < 4.78 is 6.66. The van der Waals surface area contributed by atoms with Gasteiger partial charge in [-0.15, -0.1) is 16.4 Å². The molecular weight excluding hydrogens is 450 g/mol. The minimum absolute atomic E-state index is 0.0544. The number of aryl methyl sites for hydroxylation is 2. The van der Waals surface area contributed by atoms with Gasteiger partial charge < -0.3 is 10.1 Å². The molecule has 1 N–H and O–H groups in total. The molecule has 1 atom stereocenters. The van der Waals surface area contributed by atoms with E-state index in [0.717, 1.165) is 21.5 Å². The van der Waals surface area contributed by atoms with Crippen LogP contribution in [0.1, 0.15) is 22.0 Å². The average Bonchev–Trinajstić information content (AvgIpc) is 3.50. The van der Waals surface area contributed by atoms with Gasteiger partial charge in [0.2, 0.25) is 11.8 Å². The zero-order chi connectivity index (χ0) is 24.1. The summed E-state index contributed by atoms with van der Waals surface area (Å²) in [6.45, 7) is 4.58. The summed E-state index contributed by atoms with van der Waals surface area (Å²) in [7, 11) is 1.58. The van der Waals surface area contributed by atoms with Crippen LogP contribution in [0.4, 0.5) is 5.69 Å². The molecule has 34 heavy (non-hydrogen) atoms. The van der Waals surface area contributed by atoms with E-state index in [9.17, 15) is 9.59 Å². The molecule has 0 saturated carbocycles. The minimum Gasteiger partial charge on any atom is -0.383 e. The van der Waals surface area contributed by atoms with Crippen LogP contribution in [0.25, 0.3) is 11.0 Å². The van der Waals surface area contributed by atoms with Crippen LogP contribution in [-0.2, 0) is 20.9 Å². The minimum atomic E-state index is -0.834. The Kier molecular flexibility index (Phi) is 7.34. The number of benzene rings is 2. The Morgan fingerprint density at radius 1 is 1.15 bits per heavy atom. The van der Waals surface area contributed by atoms with Crippen molar-refractivity contribution in [2.24, 2.45) is 0 Å². The SMILES string of the molecule is COCCNC(=O)[C@H](c1cccs1)N(C(=O)Cn1nnc2ccccc21)c1cc(C)ccc1C. The number of anilines is 1. The normalized spacial score (nSPS) is 12.0. The molecule has 0 aliphatic rings.